The Balaban J connectivity index is 1.25. The number of carbonyl (C=O) groups is 2. The zero-order chi connectivity index (χ0) is 25.3. The molecule has 194 valence electrons. The van der Waals surface area contributed by atoms with Gasteiger partial charge in [0.05, 0.1) is 6.04 Å². The minimum atomic E-state index is -0.586. The molecule has 3 fully saturated rings. The third-order valence-corrected chi connectivity index (χ3v) is 7.00. The highest BCUT2D eigenvalue weighted by atomic mass is 16.7. The Morgan fingerprint density at radius 1 is 1.11 bits per heavy atom. The Morgan fingerprint density at radius 2 is 1.86 bits per heavy atom. The van der Waals surface area contributed by atoms with E-state index in [2.05, 4.69) is 10.2 Å². The van der Waals surface area contributed by atoms with E-state index in [9.17, 15) is 9.59 Å². The molecule has 2 atom stereocenters. The van der Waals surface area contributed by atoms with Crippen molar-refractivity contribution in [2.45, 2.75) is 96.2 Å². The zero-order valence-electron chi connectivity index (χ0n) is 21.3. The molecule has 0 N–H and O–H groups in total. The van der Waals surface area contributed by atoms with E-state index in [4.69, 9.17) is 14.0 Å². The Bertz CT molecular complexity index is 1060. The molecule has 0 spiro atoms. The van der Waals surface area contributed by atoms with Crippen LogP contribution in [-0.2, 0) is 22.7 Å². The largest absolute Gasteiger partial charge is 0.444 e. The maximum absolute atomic E-state index is 13.1. The van der Waals surface area contributed by atoms with Crippen molar-refractivity contribution in [3.8, 4) is 0 Å². The molecule has 2 saturated heterocycles. The summed E-state index contributed by atoms with van der Waals surface area (Å²) in [6, 6.07) is 9.42. The van der Waals surface area contributed by atoms with E-state index in [1.807, 2.05) is 51.1 Å². The van der Waals surface area contributed by atoms with Gasteiger partial charge in [-0.1, -0.05) is 43.2 Å². The second kappa shape index (κ2) is 10.1. The summed E-state index contributed by atoms with van der Waals surface area (Å²) in [5, 5.41) is 10.0. The van der Waals surface area contributed by atoms with Crippen molar-refractivity contribution in [1.29, 1.82) is 0 Å². The standard InChI is InChI=1S/C26H35N5O5/c1-26(2,3)36-25(33)29(19-11-7-8-12-19)16-22-27-28-23(35-22)21-14-13-20-15-30(21)24(32)31(20)34-17-18-9-5-4-6-10-18/h4-6,9-10,19-21H,7-8,11-17H2,1-3H3/t20-,21+/m1/s1. The summed E-state index contributed by atoms with van der Waals surface area (Å²) in [5.74, 6) is 0.756. The molecule has 36 heavy (non-hydrogen) atoms. The van der Waals surface area contributed by atoms with Crippen LogP contribution in [0.4, 0.5) is 9.59 Å². The van der Waals surface area contributed by atoms with Crippen LogP contribution in [0.2, 0.25) is 0 Å². The van der Waals surface area contributed by atoms with Crippen LogP contribution in [-0.4, -0.2) is 61.4 Å². The molecule has 0 radical (unpaired) electrons. The summed E-state index contributed by atoms with van der Waals surface area (Å²) in [4.78, 5) is 35.4. The van der Waals surface area contributed by atoms with Crippen LogP contribution in [0.5, 0.6) is 0 Å². The molecule has 0 unspecified atom stereocenters. The molecule has 3 amide bonds. The quantitative estimate of drug-likeness (QED) is 0.540. The van der Waals surface area contributed by atoms with Gasteiger partial charge in [-0.05, 0) is 52.0 Å². The molecule has 2 aromatic rings. The number of hydrogen-bond donors (Lipinski definition) is 0. The van der Waals surface area contributed by atoms with Gasteiger partial charge in [-0.15, -0.1) is 10.2 Å². The van der Waals surface area contributed by atoms with Gasteiger partial charge in [0.1, 0.15) is 24.8 Å². The van der Waals surface area contributed by atoms with Gasteiger partial charge in [-0.25, -0.2) is 9.59 Å². The summed E-state index contributed by atoms with van der Waals surface area (Å²) < 4.78 is 11.7. The average Bonchev–Trinajstić information content (AvgIpc) is 3.58. The first kappa shape index (κ1) is 24.5. The van der Waals surface area contributed by atoms with Gasteiger partial charge in [0.25, 0.3) is 0 Å². The zero-order valence-corrected chi connectivity index (χ0v) is 21.3. The Hall–Kier alpha value is -3.14. The molecule has 3 aliphatic rings. The molecule has 10 nitrogen and oxygen atoms in total. The summed E-state index contributed by atoms with van der Waals surface area (Å²) >= 11 is 0. The number of nitrogens with zero attached hydrogens (tertiary/aromatic N) is 5. The molecular weight excluding hydrogens is 462 g/mol. The van der Waals surface area contributed by atoms with Crippen molar-refractivity contribution in [3.05, 3.63) is 47.7 Å². The van der Waals surface area contributed by atoms with Crippen LogP contribution >= 0.6 is 0 Å². The van der Waals surface area contributed by atoms with E-state index in [0.29, 0.717) is 31.4 Å². The van der Waals surface area contributed by atoms with E-state index in [0.717, 1.165) is 37.7 Å². The lowest BCUT2D eigenvalue weighted by atomic mass is 10.0. The van der Waals surface area contributed by atoms with Crippen LogP contribution < -0.4 is 0 Å². The molecule has 1 aliphatic carbocycles. The Morgan fingerprint density at radius 3 is 2.58 bits per heavy atom. The van der Waals surface area contributed by atoms with Crippen molar-refractivity contribution < 1.29 is 23.6 Å². The number of piperidine rings is 1. The predicted octanol–water partition coefficient (Wildman–Crippen LogP) is 4.82. The van der Waals surface area contributed by atoms with Crippen molar-refractivity contribution in [2.75, 3.05) is 6.54 Å². The van der Waals surface area contributed by atoms with E-state index in [-0.39, 0.29) is 36.8 Å². The van der Waals surface area contributed by atoms with Gasteiger partial charge in [0, 0.05) is 12.6 Å². The second-order valence-corrected chi connectivity index (χ2v) is 10.8. The molecule has 1 aromatic carbocycles. The number of amides is 3. The summed E-state index contributed by atoms with van der Waals surface area (Å²) in [5.41, 5.74) is 0.425. The second-order valence-electron chi connectivity index (χ2n) is 10.8. The van der Waals surface area contributed by atoms with Gasteiger partial charge >= 0.3 is 12.1 Å². The van der Waals surface area contributed by atoms with Crippen LogP contribution in [0.1, 0.15) is 82.7 Å². The lowest BCUT2D eigenvalue weighted by Gasteiger charge is -2.30. The first-order valence-electron chi connectivity index (χ1n) is 12.9. The van der Waals surface area contributed by atoms with E-state index in [1.54, 1.807) is 9.80 Å². The number of urea groups is 1. The lowest BCUT2D eigenvalue weighted by Crippen LogP contribution is -2.41. The fourth-order valence-electron chi connectivity index (χ4n) is 5.26. The number of benzene rings is 1. The smallest absolute Gasteiger partial charge is 0.411 e. The molecule has 1 aromatic heterocycles. The van der Waals surface area contributed by atoms with E-state index < -0.39 is 5.60 Å². The number of carbonyl (C=O) groups excluding carboxylic acids is 2. The van der Waals surface area contributed by atoms with Gasteiger partial charge in [0.2, 0.25) is 11.8 Å². The van der Waals surface area contributed by atoms with E-state index in [1.165, 1.54) is 5.06 Å². The third-order valence-electron chi connectivity index (χ3n) is 7.00. The number of fused-ring (bicyclic) bond motifs is 2. The SMILES string of the molecule is CC(C)(C)OC(=O)N(Cc1nnc([C@@H]2CC[C@@H]3CN2C(=O)N3OCc2ccccc2)o1)C1CCCC1. The number of hydrogen-bond acceptors (Lipinski definition) is 7. The fourth-order valence-corrected chi connectivity index (χ4v) is 5.26. The van der Waals surface area contributed by atoms with Crippen LogP contribution in [0.3, 0.4) is 0 Å². The normalized spacial score (nSPS) is 22.4. The van der Waals surface area contributed by atoms with Crippen LogP contribution in [0.25, 0.3) is 0 Å². The first-order valence-corrected chi connectivity index (χ1v) is 12.9. The van der Waals surface area contributed by atoms with Crippen molar-refractivity contribution in [3.63, 3.8) is 0 Å². The molecular formula is C26H35N5O5. The molecule has 1 saturated carbocycles. The highest BCUT2D eigenvalue weighted by molar-refractivity contribution is 5.77. The van der Waals surface area contributed by atoms with E-state index >= 15 is 0 Å². The molecule has 2 bridgehead atoms. The van der Waals surface area contributed by atoms with Crippen molar-refractivity contribution in [2.24, 2.45) is 0 Å². The molecule has 2 aliphatic heterocycles. The summed E-state index contributed by atoms with van der Waals surface area (Å²) in [7, 11) is 0. The topological polar surface area (TPSA) is 101 Å². The third kappa shape index (κ3) is 5.33. The first-order chi connectivity index (χ1) is 17.3. The molecule has 3 heterocycles. The number of aromatic nitrogens is 2. The maximum atomic E-state index is 13.1. The Kier molecular flexibility index (Phi) is 6.87. The van der Waals surface area contributed by atoms with Gasteiger partial charge in [0.15, 0.2) is 0 Å². The molecule has 10 heteroatoms. The highest BCUT2D eigenvalue weighted by Crippen LogP contribution is 2.38. The molecule has 5 rings (SSSR count). The monoisotopic (exact) mass is 497 g/mol. The minimum absolute atomic E-state index is 0.00452. The lowest BCUT2D eigenvalue weighted by molar-refractivity contribution is -0.140. The minimum Gasteiger partial charge on any atom is -0.444 e. The maximum Gasteiger partial charge on any atom is 0.411 e. The highest BCUT2D eigenvalue weighted by Gasteiger charge is 2.48. The predicted molar refractivity (Wildman–Crippen MR) is 129 cm³/mol. The van der Waals surface area contributed by atoms with Crippen molar-refractivity contribution >= 4 is 12.1 Å². The van der Waals surface area contributed by atoms with Crippen LogP contribution in [0, 0.1) is 0 Å². The summed E-state index contributed by atoms with van der Waals surface area (Å²) in [6.45, 7) is 6.68. The fraction of sp³-hybridized carbons (Fsp3) is 0.615. The van der Waals surface area contributed by atoms with Gasteiger partial charge in [-0.2, -0.15) is 5.06 Å². The summed E-state index contributed by atoms with van der Waals surface area (Å²) in [6.07, 6.45) is 5.17. The Labute approximate surface area is 211 Å². The van der Waals surface area contributed by atoms with Crippen molar-refractivity contribution in [1.82, 2.24) is 25.1 Å². The number of hydroxylamine groups is 2. The number of rotatable bonds is 7. The average molecular weight is 498 g/mol. The van der Waals surface area contributed by atoms with Crippen LogP contribution in [0.15, 0.2) is 34.7 Å². The number of ether oxygens (including phenoxy) is 1. The van der Waals surface area contributed by atoms with Gasteiger partial charge in [-0.3, -0.25) is 9.74 Å². The van der Waals surface area contributed by atoms with Gasteiger partial charge < -0.3 is 14.1 Å².